The summed E-state index contributed by atoms with van der Waals surface area (Å²) >= 11 is 3.18. The zero-order valence-corrected chi connectivity index (χ0v) is 14.3. The van der Waals surface area contributed by atoms with Crippen molar-refractivity contribution >= 4 is 33.5 Å². The Hall–Kier alpha value is -2.34. The van der Waals surface area contributed by atoms with Gasteiger partial charge in [-0.3, -0.25) is 4.79 Å². The van der Waals surface area contributed by atoms with Gasteiger partial charge in [0.15, 0.2) is 6.61 Å². The van der Waals surface area contributed by atoms with Crippen LogP contribution >= 0.6 is 15.9 Å². The third kappa shape index (κ3) is 4.32. The molecule has 6 heteroatoms. The van der Waals surface area contributed by atoms with Crippen LogP contribution in [0.5, 0.6) is 5.75 Å². The SMILES string of the molecule is Cc1cccc(C)c1OCC(=O)Nc1ccc(Br)cc1C(=O)[O-]. The normalized spacial score (nSPS) is 10.2. The molecule has 0 aliphatic heterocycles. The fourth-order valence-electron chi connectivity index (χ4n) is 2.15. The molecule has 0 aliphatic carbocycles. The second-order valence-electron chi connectivity index (χ2n) is 5.04. The van der Waals surface area contributed by atoms with E-state index in [0.717, 1.165) is 11.1 Å². The number of hydrogen-bond donors (Lipinski definition) is 1. The fraction of sp³-hybridized carbons (Fsp3) is 0.176. The maximum absolute atomic E-state index is 12.0. The van der Waals surface area contributed by atoms with E-state index in [4.69, 9.17) is 4.74 Å². The van der Waals surface area contributed by atoms with Gasteiger partial charge in [-0.1, -0.05) is 34.1 Å². The van der Waals surface area contributed by atoms with Crippen LogP contribution in [-0.2, 0) is 4.79 Å². The molecule has 0 spiro atoms. The fourth-order valence-corrected chi connectivity index (χ4v) is 2.51. The van der Waals surface area contributed by atoms with Crippen molar-refractivity contribution in [3.8, 4) is 5.75 Å². The number of ether oxygens (including phenoxy) is 1. The second-order valence-corrected chi connectivity index (χ2v) is 5.95. The first-order valence-corrected chi connectivity index (χ1v) is 7.67. The Morgan fingerprint density at radius 1 is 1.17 bits per heavy atom. The number of anilines is 1. The monoisotopic (exact) mass is 376 g/mol. The van der Waals surface area contributed by atoms with Gasteiger partial charge in [0.1, 0.15) is 5.75 Å². The van der Waals surface area contributed by atoms with E-state index >= 15 is 0 Å². The molecule has 0 heterocycles. The molecule has 1 amide bonds. The number of carbonyl (C=O) groups excluding carboxylic acids is 2. The number of halogens is 1. The molecule has 0 unspecified atom stereocenters. The Balaban J connectivity index is 2.07. The molecule has 0 saturated heterocycles. The summed E-state index contributed by atoms with van der Waals surface area (Å²) in [6.45, 7) is 3.57. The van der Waals surface area contributed by atoms with Gasteiger partial charge in [-0.25, -0.2) is 0 Å². The van der Waals surface area contributed by atoms with Crippen LogP contribution in [0, 0.1) is 13.8 Å². The average Bonchev–Trinajstić information content (AvgIpc) is 2.48. The van der Waals surface area contributed by atoms with Crippen LogP contribution in [-0.4, -0.2) is 18.5 Å². The maximum atomic E-state index is 12.0. The van der Waals surface area contributed by atoms with Gasteiger partial charge in [-0.15, -0.1) is 0 Å². The molecule has 2 rings (SSSR count). The van der Waals surface area contributed by atoms with E-state index in [0.29, 0.717) is 10.2 Å². The summed E-state index contributed by atoms with van der Waals surface area (Å²) in [6.07, 6.45) is 0. The number of benzene rings is 2. The van der Waals surface area contributed by atoms with Crippen molar-refractivity contribution in [1.82, 2.24) is 0 Å². The molecular weight excluding hydrogens is 362 g/mol. The number of carbonyl (C=O) groups is 2. The van der Waals surface area contributed by atoms with Crippen molar-refractivity contribution in [2.24, 2.45) is 0 Å². The van der Waals surface area contributed by atoms with Crippen LogP contribution in [0.1, 0.15) is 21.5 Å². The standard InChI is InChI=1S/C17H16BrNO4/c1-10-4-3-5-11(2)16(10)23-9-15(20)19-14-7-6-12(18)8-13(14)17(21)22/h3-8H,9H2,1-2H3,(H,19,20)(H,21,22)/p-1. The number of amides is 1. The molecule has 2 aromatic carbocycles. The Labute approximate surface area is 142 Å². The van der Waals surface area contributed by atoms with E-state index in [1.54, 1.807) is 6.07 Å². The first kappa shape index (κ1) is 17.0. The van der Waals surface area contributed by atoms with E-state index < -0.39 is 11.9 Å². The molecule has 0 atom stereocenters. The summed E-state index contributed by atoms with van der Waals surface area (Å²) in [4.78, 5) is 23.1. The quantitative estimate of drug-likeness (QED) is 0.868. The highest BCUT2D eigenvalue weighted by Crippen LogP contribution is 2.23. The van der Waals surface area contributed by atoms with Crippen molar-refractivity contribution in [3.63, 3.8) is 0 Å². The van der Waals surface area contributed by atoms with Gasteiger partial charge in [0.25, 0.3) is 5.91 Å². The van der Waals surface area contributed by atoms with Gasteiger partial charge in [0.2, 0.25) is 0 Å². The van der Waals surface area contributed by atoms with Crippen molar-refractivity contribution in [1.29, 1.82) is 0 Å². The number of rotatable bonds is 5. The minimum absolute atomic E-state index is 0.0974. The molecule has 0 radical (unpaired) electrons. The molecule has 2 aromatic rings. The molecule has 23 heavy (non-hydrogen) atoms. The average molecular weight is 377 g/mol. The lowest BCUT2D eigenvalue weighted by Gasteiger charge is -2.14. The second kappa shape index (κ2) is 7.28. The predicted octanol–water partition coefficient (Wildman–Crippen LogP) is 2.45. The molecule has 120 valence electrons. The zero-order valence-electron chi connectivity index (χ0n) is 12.7. The Bertz CT molecular complexity index is 738. The summed E-state index contributed by atoms with van der Waals surface area (Å²) in [5.41, 5.74) is 1.93. The maximum Gasteiger partial charge on any atom is 0.262 e. The third-order valence-corrected chi connectivity index (χ3v) is 3.73. The largest absolute Gasteiger partial charge is 0.545 e. The van der Waals surface area contributed by atoms with Crippen LogP contribution < -0.4 is 15.2 Å². The smallest absolute Gasteiger partial charge is 0.262 e. The molecular formula is C17H15BrNO4-. The van der Waals surface area contributed by atoms with Gasteiger partial charge in [0, 0.05) is 15.7 Å². The molecule has 1 N–H and O–H groups in total. The summed E-state index contributed by atoms with van der Waals surface area (Å²) in [5, 5.41) is 13.6. The first-order chi connectivity index (χ1) is 10.9. The number of para-hydroxylation sites is 1. The minimum Gasteiger partial charge on any atom is -0.545 e. The lowest BCUT2D eigenvalue weighted by Crippen LogP contribution is -2.26. The number of nitrogens with one attached hydrogen (secondary N) is 1. The van der Waals surface area contributed by atoms with Crippen molar-refractivity contribution in [2.45, 2.75) is 13.8 Å². The van der Waals surface area contributed by atoms with E-state index in [2.05, 4.69) is 21.2 Å². The Morgan fingerprint density at radius 3 is 2.43 bits per heavy atom. The lowest BCUT2D eigenvalue weighted by atomic mass is 10.1. The topological polar surface area (TPSA) is 78.5 Å². The highest BCUT2D eigenvalue weighted by molar-refractivity contribution is 9.10. The van der Waals surface area contributed by atoms with Crippen molar-refractivity contribution in [2.75, 3.05) is 11.9 Å². The van der Waals surface area contributed by atoms with Crippen LogP contribution in [0.25, 0.3) is 0 Å². The van der Waals surface area contributed by atoms with E-state index in [1.165, 1.54) is 12.1 Å². The number of carboxylic acid groups (broad SMARTS) is 1. The van der Waals surface area contributed by atoms with Crippen LogP contribution in [0.4, 0.5) is 5.69 Å². The lowest BCUT2D eigenvalue weighted by molar-refractivity contribution is -0.254. The van der Waals surface area contributed by atoms with Gasteiger partial charge < -0.3 is 20.0 Å². The number of carboxylic acids is 1. The van der Waals surface area contributed by atoms with Gasteiger partial charge in [-0.05, 0) is 43.2 Å². The molecule has 0 bridgehead atoms. The molecule has 5 nitrogen and oxygen atoms in total. The number of aryl methyl sites for hydroxylation is 2. The van der Waals surface area contributed by atoms with Gasteiger partial charge >= 0.3 is 0 Å². The molecule has 0 saturated carbocycles. The number of aromatic carboxylic acids is 1. The first-order valence-electron chi connectivity index (χ1n) is 6.88. The molecule has 0 fully saturated rings. The summed E-state index contributed by atoms with van der Waals surface area (Å²) in [5.74, 6) is -1.16. The summed E-state index contributed by atoms with van der Waals surface area (Å²) < 4.78 is 6.13. The van der Waals surface area contributed by atoms with Gasteiger partial charge in [-0.2, -0.15) is 0 Å². The molecule has 0 aliphatic rings. The Morgan fingerprint density at radius 2 is 1.83 bits per heavy atom. The van der Waals surface area contributed by atoms with E-state index in [-0.39, 0.29) is 17.9 Å². The molecule has 0 aromatic heterocycles. The predicted molar refractivity (Wildman–Crippen MR) is 88.5 cm³/mol. The Kier molecular flexibility index (Phi) is 5.39. The van der Waals surface area contributed by atoms with Crippen LogP contribution in [0.2, 0.25) is 0 Å². The van der Waals surface area contributed by atoms with Crippen LogP contribution in [0.15, 0.2) is 40.9 Å². The van der Waals surface area contributed by atoms with E-state index in [9.17, 15) is 14.7 Å². The summed E-state index contributed by atoms with van der Waals surface area (Å²) in [6, 6.07) is 10.2. The van der Waals surface area contributed by atoms with Crippen molar-refractivity contribution < 1.29 is 19.4 Å². The van der Waals surface area contributed by atoms with Crippen molar-refractivity contribution in [3.05, 3.63) is 57.6 Å². The number of hydrogen-bond acceptors (Lipinski definition) is 4. The highest BCUT2D eigenvalue weighted by atomic mass is 79.9. The van der Waals surface area contributed by atoms with E-state index in [1.807, 2.05) is 32.0 Å². The highest BCUT2D eigenvalue weighted by Gasteiger charge is 2.11. The zero-order chi connectivity index (χ0) is 17.0. The van der Waals surface area contributed by atoms with Crippen LogP contribution in [0.3, 0.4) is 0 Å². The third-order valence-electron chi connectivity index (χ3n) is 3.23. The van der Waals surface area contributed by atoms with Gasteiger partial charge in [0.05, 0.1) is 5.97 Å². The summed E-state index contributed by atoms with van der Waals surface area (Å²) in [7, 11) is 0. The minimum atomic E-state index is -1.36.